The molecule has 1 N–H and O–H groups in total. The van der Waals surface area contributed by atoms with Crippen LogP contribution in [0, 0.1) is 0 Å². The molecule has 4 nitrogen and oxygen atoms in total. The fourth-order valence-electron chi connectivity index (χ4n) is 2.10. The zero-order chi connectivity index (χ0) is 16.1. The summed E-state index contributed by atoms with van der Waals surface area (Å²) in [6.07, 6.45) is 1.64. The summed E-state index contributed by atoms with van der Waals surface area (Å²) in [6, 6.07) is 8.61. The summed E-state index contributed by atoms with van der Waals surface area (Å²) in [5.41, 5.74) is 1.91. The number of hydrogen-bond acceptors (Lipinski definition) is 3. The first kappa shape index (κ1) is 16.6. The zero-order valence-corrected chi connectivity index (χ0v) is 13.9. The number of anilines is 2. The number of aromatic nitrogens is 1. The van der Waals surface area contributed by atoms with Gasteiger partial charge in [-0.25, -0.2) is 0 Å². The maximum absolute atomic E-state index is 12.3. The Hall–Kier alpha value is -1.78. The number of pyridine rings is 1. The van der Waals surface area contributed by atoms with E-state index in [1.165, 1.54) is 0 Å². The third-order valence-corrected chi connectivity index (χ3v) is 4.02. The number of hydrogen-bond donors (Lipinski definition) is 1. The summed E-state index contributed by atoms with van der Waals surface area (Å²) in [5, 5.41) is 3.60. The van der Waals surface area contributed by atoms with Crippen LogP contribution in [0.1, 0.15) is 24.3 Å². The number of nitrogens with zero attached hydrogens (tertiary/aromatic N) is 2. The van der Waals surface area contributed by atoms with Crippen molar-refractivity contribution in [3.05, 3.63) is 52.3 Å². The number of carbonyl (C=O) groups is 1. The van der Waals surface area contributed by atoms with E-state index in [2.05, 4.69) is 29.0 Å². The smallest absolute Gasteiger partial charge is 0.274 e. The largest absolute Gasteiger partial charge is 0.372 e. The molecule has 0 aliphatic heterocycles. The lowest BCUT2D eigenvalue weighted by molar-refractivity contribution is 0.102. The number of nitrogens with one attached hydrogen (secondary N) is 1. The van der Waals surface area contributed by atoms with Gasteiger partial charge >= 0.3 is 0 Å². The predicted octanol–water partition coefficient (Wildman–Crippen LogP) is 4.49. The molecule has 0 bridgehead atoms. The van der Waals surface area contributed by atoms with E-state index in [1.54, 1.807) is 30.5 Å². The van der Waals surface area contributed by atoms with E-state index in [0.717, 1.165) is 18.8 Å². The van der Waals surface area contributed by atoms with Gasteiger partial charge in [-0.15, -0.1) is 0 Å². The van der Waals surface area contributed by atoms with E-state index in [1.807, 2.05) is 6.07 Å². The van der Waals surface area contributed by atoms with Gasteiger partial charge in [0.1, 0.15) is 5.69 Å². The lowest BCUT2D eigenvalue weighted by Gasteiger charge is -2.21. The number of rotatable bonds is 5. The van der Waals surface area contributed by atoms with Gasteiger partial charge in [-0.3, -0.25) is 9.78 Å². The molecule has 1 aromatic carbocycles. The molecule has 22 heavy (non-hydrogen) atoms. The first-order valence-corrected chi connectivity index (χ1v) is 7.78. The van der Waals surface area contributed by atoms with Crippen molar-refractivity contribution >= 4 is 40.5 Å². The van der Waals surface area contributed by atoms with Crippen LogP contribution in [0.5, 0.6) is 0 Å². The minimum Gasteiger partial charge on any atom is -0.372 e. The first-order valence-electron chi connectivity index (χ1n) is 7.02. The second kappa shape index (κ2) is 7.47. The quantitative estimate of drug-likeness (QED) is 0.874. The number of halogens is 2. The topological polar surface area (TPSA) is 45.2 Å². The van der Waals surface area contributed by atoms with Crippen LogP contribution in [0.3, 0.4) is 0 Å². The van der Waals surface area contributed by atoms with E-state index in [4.69, 9.17) is 23.2 Å². The zero-order valence-electron chi connectivity index (χ0n) is 12.4. The third-order valence-electron chi connectivity index (χ3n) is 3.28. The average molecular weight is 338 g/mol. The highest BCUT2D eigenvalue weighted by atomic mass is 35.5. The van der Waals surface area contributed by atoms with Crippen molar-refractivity contribution in [3.63, 3.8) is 0 Å². The minimum absolute atomic E-state index is 0.285. The van der Waals surface area contributed by atoms with Crippen molar-refractivity contribution in [2.75, 3.05) is 23.3 Å². The van der Waals surface area contributed by atoms with Gasteiger partial charge in [-0.1, -0.05) is 23.2 Å². The van der Waals surface area contributed by atoms with Crippen LogP contribution in [-0.4, -0.2) is 24.0 Å². The van der Waals surface area contributed by atoms with Crippen LogP contribution >= 0.6 is 23.2 Å². The molecule has 2 aromatic rings. The summed E-state index contributed by atoms with van der Waals surface area (Å²) in [5.74, 6) is -0.285. The molecule has 0 saturated heterocycles. The maximum atomic E-state index is 12.3. The van der Waals surface area contributed by atoms with E-state index < -0.39 is 0 Å². The number of carbonyl (C=O) groups excluding carboxylic acids is 1. The van der Waals surface area contributed by atoms with Crippen molar-refractivity contribution in [2.45, 2.75) is 13.8 Å². The van der Waals surface area contributed by atoms with Crippen molar-refractivity contribution in [3.8, 4) is 0 Å². The second-order valence-corrected chi connectivity index (χ2v) is 5.47. The van der Waals surface area contributed by atoms with Crippen molar-refractivity contribution < 1.29 is 4.79 Å². The highest BCUT2D eigenvalue weighted by Gasteiger charge is 2.11. The molecule has 1 amide bonds. The van der Waals surface area contributed by atoms with Crippen LogP contribution in [0.25, 0.3) is 0 Å². The molecule has 0 unspecified atom stereocenters. The Labute approximate surface area is 140 Å². The van der Waals surface area contributed by atoms with Gasteiger partial charge in [-0.05, 0) is 44.2 Å². The monoisotopic (exact) mass is 337 g/mol. The standard InChI is InChI=1S/C16H17Cl2N3O/c1-3-21(4-2)12-7-8-19-15(10-12)16(22)20-11-5-6-13(17)14(18)9-11/h5-10H,3-4H2,1-2H3,(H,20,22). The summed E-state index contributed by atoms with van der Waals surface area (Å²) < 4.78 is 0. The number of amides is 1. The normalized spacial score (nSPS) is 10.4. The summed E-state index contributed by atoms with van der Waals surface area (Å²) in [7, 11) is 0. The molecular formula is C16H17Cl2N3O. The van der Waals surface area contributed by atoms with E-state index in [-0.39, 0.29) is 5.91 Å². The average Bonchev–Trinajstić information content (AvgIpc) is 2.52. The van der Waals surface area contributed by atoms with Crippen LogP contribution in [-0.2, 0) is 0 Å². The summed E-state index contributed by atoms with van der Waals surface area (Å²) >= 11 is 11.8. The highest BCUT2D eigenvalue weighted by molar-refractivity contribution is 6.42. The molecule has 0 aliphatic rings. The van der Waals surface area contributed by atoms with Crippen LogP contribution < -0.4 is 10.2 Å². The second-order valence-electron chi connectivity index (χ2n) is 4.65. The lowest BCUT2D eigenvalue weighted by atomic mass is 10.2. The molecule has 0 spiro atoms. The maximum Gasteiger partial charge on any atom is 0.274 e. The van der Waals surface area contributed by atoms with Crippen LogP contribution in [0.15, 0.2) is 36.5 Å². The van der Waals surface area contributed by atoms with Gasteiger partial charge < -0.3 is 10.2 Å². The molecule has 0 fully saturated rings. The van der Waals surface area contributed by atoms with Crippen molar-refractivity contribution in [1.82, 2.24) is 4.98 Å². The molecular weight excluding hydrogens is 321 g/mol. The minimum atomic E-state index is -0.285. The fourth-order valence-corrected chi connectivity index (χ4v) is 2.40. The Kier molecular flexibility index (Phi) is 5.63. The van der Waals surface area contributed by atoms with Gasteiger partial charge in [0.25, 0.3) is 5.91 Å². The molecule has 1 aromatic heterocycles. The Morgan fingerprint density at radius 1 is 1.14 bits per heavy atom. The summed E-state index contributed by atoms with van der Waals surface area (Å²) in [6.45, 7) is 5.88. The predicted molar refractivity (Wildman–Crippen MR) is 92.2 cm³/mol. The molecule has 116 valence electrons. The SMILES string of the molecule is CCN(CC)c1ccnc(C(=O)Nc2ccc(Cl)c(Cl)c2)c1. The van der Waals surface area contributed by atoms with Gasteiger partial charge in [0.05, 0.1) is 10.0 Å². The summed E-state index contributed by atoms with van der Waals surface area (Å²) in [4.78, 5) is 18.6. The number of benzene rings is 1. The Balaban J connectivity index is 2.18. The van der Waals surface area contributed by atoms with Gasteiger partial charge in [-0.2, -0.15) is 0 Å². The molecule has 0 aliphatic carbocycles. The molecule has 0 atom stereocenters. The Bertz CT molecular complexity index is 672. The first-order chi connectivity index (χ1) is 10.5. The highest BCUT2D eigenvalue weighted by Crippen LogP contribution is 2.25. The molecule has 2 rings (SSSR count). The molecule has 1 heterocycles. The van der Waals surface area contributed by atoms with Crippen LogP contribution in [0.4, 0.5) is 11.4 Å². The molecule has 0 radical (unpaired) electrons. The Morgan fingerprint density at radius 2 is 1.86 bits per heavy atom. The van der Waals surface area contributed by atoms with Crippen LogP contribution in [0.2, 0.25) is 10.0 Å². The fraction of sp³-hybridized carbons (Fsp3) is 0.250. The molecule has 6 heteroatoms. The third kappa shape index (κ3) is 3.90. The van der Waals surface area contributed by atoms with E-state index in [9.17, 15) is 4.79 Å². The van der Waals surface area contributed by atoms with Crippen molar-refractivity contribution in [1.29, 1.82) is 0 Å². The van der Waals surface area contributed by atoms with E-state index >= 15 is 0 Å². The lowest BCUT2D eigenvalue weighted by Crippen LogP contribution is -2.23. The Morgan fingerprint density at radius 3 is 2.50 bits per heavy atom. The van der Waals surface area contributed by atoms with Crippen molar-refractivity contribution in [2.24, 2.45) is 0 Å². The van der Waals surface area contributed by atoms with Gasteiger partial charge in [0.15, 0.2) is 0 Å². The van der Waals surface area contributed by atoms with Gasteiger partial charge in [0.2, 0.25) is 0 Å². The molecule has 0 saturated carbocycles. The van der Waals surface area contributed by atoms with Gasteiger partial charge in [0, 0.05) is 30.7 Å². The van der Waals surface area contributed by atoms with E-state index in [0.29, 0.717) is 21.4 Å².